The molecule has 1 heterocycles. The van der Waals surface area contributed by atoms with Crippen LogP contribution in [0.4, 0.5) is 0 Å². The molecular formula is C15H18ClN3O2S. The van der Waals surface area contributed by atoms with Gasteiger partial charge >= 0.3 is 0 Å². The number of fused-ring (bicyclic) bond motifs is 1. The predicted molar refractivity (Wildman–Crippen MR) is 91.2 cm³/mol. The summed E-state index contributed by atoms with van der Waals surface area (Å²) in [6.07, 6.45) is 1.44. The number of halogens is 1. The van der Waals surface area contributed by atoms with Crippen molar-refractivity contribution < 1.29 is 9.29 Å². The number of hydrogen-bond donors (Lipinski definition) is 0. The maximum absolute atomic E-state index is 12.0. The van der Waals surface area contributed by atoms with Gasteiger partial charge in [-0.3, -0.25) is 0 Å². The van der Waals surface area contributed by atoms with Gasteiger partial charge in [-0.15, -0.1) is 0 Å². The molecule has 0 bridgehead atoms. The second-order valence-corrected chi connectivity index (χ2v) is 7.95. The van der Waals surface area contributed by atoms with Gasteiger partial charge in [0, 0.05) is 5.02 Å². The minimum absolute atomic E-state index is 0.368. The standard InChI is InChI=1S/C15H18ClN3O2S/c1-5-21-14-13(9-17-22(20)15(2,3)4)18-12-8-10(16)6-7-11(12)19-14/h6-9H,5H2,1-4H3/b17-9+. The molecule has 0 aliphatic carbocycles. The van der Waals surface area contributed by atoms with E-state index in [9.17, 15) is 4.55 Å². The fraction of sp³-hybridized carbons (Fsp3) is 0.400. The zero-order chi connectivity index (χ0) is 16.3. The van der Waals surface area contributed by atoms with E-state index in [0.717, 1.165) is 0 Å². The normalized spacial score (nSPS) is 13.7. The van der Waals surface area contributed by atoms with Gasteiger partial charge < -0.3 is 9.29 Å². The number of hydrogen-bond acceptors (Lipinski definition) is 5. The molecule has 0 aliphatic heterocycles. The van der Waals surface area contributed by atoms with Crippen molar-refractivity contribution in [3.05, 3.63) is 28.9 Å². The summed E-state index contributed by atoms with van der Waals surface area (Å²) in [6.45, 7) is 7.89. The van der Waals surface area contributed by atoms with Gasteiger partial charge in [-0.2, -0.15) is 0 Å². The summed E-state index contributed by atoms with van der Waals surface area (Å²) in [5.74, 6) is 0.368. The third-order valence-electron chi connectivity index (χ3n) is 2.70. The van der Waals surface area contributed by atoms with E-state index in [2.05, 4.69) is 14.4 Å². The van der Waals surface area contributed by atoms with Crippen molar-refractivity contribution in [1.82, 2.24) is 9.97 Å². The number of aromatic nitrogens is 2. The third-order valence-corrected chi connectivity index (χ3v) is 4.27. The number of nitrogens with zero attached hydrogens (tertiary/aromatic N) is 3. The quantitative estimate of drug-likeness (QED) is 0.630. The third kappa shape index (κ3) is 4.09. The van der Waals surface area contributed by atoms with Crippen LogP contribution in [0.2, 0.25) is 5.02 Å². The smallest absolute Gasteiger partial charge is 0.242 e. The Morgan fingerprint density at radius 3 is 2.68 bits per heavy atom. The number of ether oxygens (including phenoxy) is 1. The Balaban J connectivity index is 2.45. The highest BCUT2D eigenvalue weighted by Gasteiger charge is 2.26. The van der Waals surface area contributed by atoms with Crippen molar-refractivity contribution in [3.63, 3.8) is 0 Å². The molecule has 5 nitrogen and oxygen atoms in total. The lowest BCUT2D eigenvalue weighted by Gasteiger charge is -2.17. The lowest BCUT2D eigenvalue weighted by atomic mass is 10.3. The van der Waals surface area contributed by atoms with Gasteiger partial charge in [0.05, 0.1) is 17.6 Å². The second kappa shape index (κ2) is 6.81. The number of benzene rings is 1. The molecule has 0 fully saturated rings. The fourth-order valence-electron chi connectivity index (χ4n) is 1.61. The molecule has 1 aromatic heterocycles. The molecule has 2 aromatic rings. The van der Waals surface area contributed by atoms with Gasteiger partial charge in [-0.05, 0) is 45.9 Å². The van der Waals surface area contributed by atoms with Crippen LogP contribution in [0.1, 0.15) is 33.4 Å². The van der Waals surface area contributed by atoms with Crippen LogP contribution in [0.25, 0.3) is 11.0 Å². The topological polar surface area (TPSA) is 70.4 Å². The molecule has 2 rings (SSSR count). The Kier molecular flexibility index (Phi) is 5.26. The Morgan fingerprint density at radius 1 is 1.32 bits per heavy atom. The molecule has 1 unspecified atom stereocenters. The molecule has 0 amide bonds. The van der Waals surface area contributed by atoms with Crippen LogP contribution in [0.5, 0.6) is 5.88 Å². The molecular weight excluding hydrogens is 322 g/mol. The molecule has 22 heavy (non-hydrogen) atoms. The van der Waals surface area contributed by atoms with E-state index >= 15 is 0 Å². The van der Waals surface area contributed by atoms with Gasteiger partial charge in [0.25, 0.3) is 0 Å². The first-order chi connectivity index (χ1) is 10.3. The summed E-state index contributed by atoms with van der Waals surface area (Å²) in [6, 6.07) is 5.25. The van der Waals surface area contributed by atoms with Crippen LogP contribution < -0.4 is 4.74 Å². The second-order valence-electron chi connectivity index (χ2n) is 5.58. The van der Waals surface area contributed by atoms with Crippen LogP contribution >= 0.6 is 11.6 Å². The Bertz CT molecular complexity index is 701. The van der Waals surface area contributed by atoms with Crippen molar-refractivity contribution in [3.8, 4) is 5.88 Å². The average Bonchev–Trinajstić information content (AvgIpc) is 2.44. The largest absolute Gasteiger partial charge is 0.591 e. The van der Waals surface area contributed by atoms with E-state index in [-0.39, 0.29) is 0 Å². The van der Waals surface area contributed by atoms with Gasteiger partial charge in [0.1, 0.15) is 28.0 Å². The van der Waals surface area contributed by atoms with Crippen LogP contribution in [-0.2, 0) is 11.4 Å². The maximum Gasteiger partial charge on any atom is 0.242 e. The van der Waals surface area contributed by atoms with Gasteiger partial charge in [-0.1, -0.05) is 16.0 Å². The minimum atomic E-state index is -1.37. The molecule has 0 N–H and O–H groups in total. The zero-order valence-corrected chi connectivity index (χ0v) is 14.5. The van der Waals surface area contributed by atoms with Crippen LogP contribution in [0.15, 0.2) is 22.6 Å². The Hall–Kier alpha value is -1.37. The van der Waals surface area contributed by atoms with Gasteiger partial charge in [-0.25, -0.2) is 9.97 Å². The van der Waals surface area contributed by atoms with Crippen molar-refractivity contribution in [2.24, 2.45) is 4.40 Å². The number of rotatable bonds is 4. The van der Waals surface area contributed by atoms with Crippen molar-refractivity contribution in [2.45, 2.75) is 32.4 Å². The zero-order valence-electron chi connectivity index (χ0n) is 13.0. The van der Waals surface area contributed by atoms with Crippen molar-refractivity contribution in [1.29, 1.82) is 0 Å². The van der Waals surface area contributed by atoms with Crippen molar-refractivity contribution in [2.75, 3.05) is 6.61 Å². The highest BCUT2D eigenvalue weighted by atomic mass is 35.5. The van der Waals surface area contributed by atoms with E-state index < -0.39 is 16.1 Å². The molecule has 0 radical (unpaired) electrons. The van der Waals surface area contributed by atoms with Gasteiger partial charge in [0.2, 0.25) is 5.88 Å². The molecule has 118 valence electrons. The molecule has 0 spiro atoms. The lowest BCUT2D eigenvalue weighted by Crippen LogP contribution is -2.25. The molecule has 0 saturated carbocycles. The molecule has 1 atom stereocenters. The van der Waals surface area contributed by atoms with Gasteiger partial charge in [0.15, 0.2) is 0 Å². The summed E-state index contributed by atoms with van der Waals surface area (Å²) in [7, 11) is 0. The molecule has 0 saturated heterocycles. The molecule has 0 aliphatic rings. The van der Waals surface area contributed by atoms with E-state index in [1.54, 1.807) is 18.2 Å². The summed E-state index contributed by atoms with van der Waals surface area (Å²) >= 11 is 4.61. The first-order valence-corrected chi connectivity index (χ1v) is 8.36. The van der Waals surface area contributed by atoms with Crippen LogP contribution in [-0.4, -0.2) is 32.1 Å². The van der Waals surface area contributed by atoms with Crippen LogP contribution in [0, 0.1) is 0 Å². The summed E-state index contributed by atoms with van der Waals surface area (Å²) in [5, 5.41) is 0.576. The highest BCUT2D eigenvalue weighted by Crippen LogP contribution is 2.22. The average molecular weight is 340 g/mol. The predicted octanol–water partition coefficient (Wildman–Crippen LogP) is 3.56. The first kappa shape index (κ1) is 17.0. The molecule has 1 aromatic carbocycles. The molecule has 7 heteroatoms. The van der Waals surface area contributed by atoms with E-state index in [1.807, 2.05) is 27.7 Å². The summed E-state index contributed by atoms with van der Waals surface area (Å²) < 4.78 is 21.2. The highest BCUT2D eigenvalue weighted by molar-refractivity contribution is 7.91. The monoisotopic (exact) mass is 339 g/mol. The Labute approximate surface area is 138 Å². The Morgan fingerprint density at radius 2 is 2.05 bits per heavy atom. The maximum atomic E-state index is 12.0. The first-order valence-electron chi connectivity index (χ1n) is 6.87. The van der Waals surface area contributed by atoms with E-state index in [0.29, 0.717) is 34.2 Å². The minimum Gasteiger partial charge on any atom is -0.591 e. The van der Waals surface area contributed by atoms with Crippen LogP contribution in [0.3, 0.4) is 0 Å². The summed E-state index contributed by atoms with van der Waals surface area (Å²) in [4.78, 5) is 8.87. The van der Waals surface area contributed by atoms with E-state index in [1.165, 1.54) is 6.21 Å². The fourth-order valence-corrected chi connectivity index (χ4v) is 2.29. The summed E-state index contributed by atoms with van der Waals surface area (Å²) in [5.41, 5.74) is 1.76. The SMILES string of the molecule is CCOc1nc2ccc(Cl)cc2nc1/C=N/[S+]([O-])C(C)(C)C. The van der Waals surface area contributed by atoms with E-state index in [4.69, 9.17) is 16.3 Å². The lowest BCUT2D eigenvalue weighted by molar-refractivity contribution is 0.326. The van der Waals surface area contributed by atoms with Crippen molar-refractivity contribution >= 4 is 40.2 Å².